The first-order chi connectivity index (χ1) is 14.8. The maximum atomic E-state index is 6.79. The van der Waals surface area contributed by atoms with Crippen molar-refractivity contribution < 1.29 is 4.74 Å². The monoisotopic (exact) mass is 421 g/mol. The molecule has 0 spiro atoms. The lowest BCUT2D eigenvalue weighted by molar-refractivity contribution is -0.0234. The second-order valence-electron chi connectivity index (χ2n) is 8.68. The van der Waals surface area contributed by atoms with E-state index in [9.17, 15) is 0 Å². The van der Waals surface area contributed by atoms with Gasteiger partial charge in [-0.25, -0.2) is 4.98 Å². The molecule has 0 saturated carbocycles. The van der Waals surface area contributed by atoms with Gasteiger partial charge in [0.05, 0.1) is 16.3 Å². The molecule has 0 radical (unpaired) electrons. The smallest absolute Gasteiger partial charge is 0.134 e. The summed E-state index contributed by atoms with van der Waals surface area (Å²) in [4.78, 5) is 9.90. The van der Waals surface area contributed by atoms with Gasteiger partial charge in [0.2, 0.25) is 0 Å². The number of nitrogens with zero attached hydrogens (tertiary/aromatic N) is 3. The molecule has 30 heavy (non-hydrogen) atoms. The fraction of sp³-hybridized carbons (Fsp3) is 0.480. The molecule has 0 N–H and O–H groups in total. The summed E-state index contributed by atoms with van der Waals surface area (Å²) in [5.41, 5.74) is 3.63. The lowest BCUT2D eigenvalue weighted by atomic mass is 10.0. The van der Waals surface area contributed by atoms with E-state index in [1.54, 1.807) is 11.3 Å². The van der Waals surface area contributed by atoms with Gasteiger partial charge in [-0.3, -0.25) is 0 Å². The Hall–Kier alpha value is -1.95. The molecule has 2 aliphatic rings. The molecule has 158 valence electrons. The van der Waals surface area contributed by atoms with Crippen molar-refractivity contribution >= 4 is 27.2 Å². The van der Waals surface area contributed by atoms with E-state index >= 15 is 0 Å². The number of thiazole rings is 1. The van der Waals surface area contributed by atoms with Gasteiger partial charge in [0.15, 0.2) is 0 Å². The summed E-state index contributed by atoms with van der Waals surface area (Å²) in [6.45, 7) is 4.52. The Morgan fingerprint density at radius 3 is 2.57 bits per heavy atom. The minimum Gasteiger partial charge on any atom is -0.372 e. The molecule has 1 unspecified atom stereocenters. The van der Waals surface area contributed by atoms with E-state index in [1.165, 1.54) is 35.2 Å². The molecule has 2 aliphatic heterocycles. The predicted octanol–water partition coefficient (Wildman–Crippen LogP) is 5.49. The number of aromatic nitrogens is 1. The Morgan fingerprint density at radius 1 is 0.967 bits per heavy atom. The first-order valence-corrected chi connectivity index (χ1v) is 12.1. The number of likely N-dealkylation sites (tertiary alicyclic amines) is 1. The molecule has 2 fully saturated rings. The van der Waals surface area contributed by atoms with E-state index in [0.29, 0.717) is 0 Å². The number of benzene rings is 2. The number of anilines is 1. The van der Waals surface area contributed by atoms with Gasteiger partial charge in [0, 0.05) is 31.9 Å². The normalized spacial score (nSPS) is 20.0. The minimum absolute atomic E-state index is 0.0967. The first-order valence-electron chi connectivity index (χ1n) is 11.3. The maximum Gasteiger partial charge on any atom is 0.134 e. The zero-order valence-electron chi connectivity index (χ0n) is 17.8. The molecule has 0 amide bonds. The average Bonchev–Trinajstić information content (AvgIpc) is 3.23. The van der Waals surface area contributed by atoms with Crippen molar-refractivity contribution in [2.24, 2.45) is 0 Å². The Bertz CT molecular complexity index is 940. The van der Waals surface area contributed by atoms with E-state index in [0.717, 1.165) is 49.5 Å². The summed E-state index contributed by atoms with van der Waals surface area (Å²) in [5.74, 6) is 0. The quantitative estimate of drug-likeness (QED) is 0.545. The van der Waals surface area contributed by atoms with Crippen molar-refractivity contribution in [3.05, 3.63) is 59.1 Å². The van der Waals surface area contributed by atoms with Gasteiger partial charge < -0.3 is 14.5 Å². The summed E-state index contributed by atoms with van der Waals surface area (Å²) in [5, 5.41) is 1.07. The minimum atomic E-state index is -0.0967. The van der Waals surface area contributed by atoms with Crippen LogP contribution in [0.25, 0.3) is 10.2 Å². The van der Waals surface area contributed by atoms with Crippen molar-refractivity contribution in [1.29, 1.82) is 0 Å². The number of rotatable bonds is 5. The Balaban J connectivity index is 1.47. The van der Waals surface area contributed by atoms with Crippen molar-refractivity contribution in [3.8, 4) is 0 Å². The van der Waals surface area contributed by atoms with Crippen molar-refractivity contribution in [2.75, 3.05) is 38.1 Å². The zero-order chi connectivity index (χ0) is 20.3. The van der Waals surface area contributed by atoms with E-state index in [2.05, 4.69) is 65.4 Å². The number of fused-ring (bicyclic) bond motifs is 1. The molecule has 5 rings (SSSR count). The third-order valence-corrected chi connectivity index (χ3v) is 7.50. The van der Waals surface area contributed by atoms with Crippen molar-refractivity contribution in [2.45, 2.75) is 44.3 Å². The highest BCUT2D eigenvalue weighted by molar-refractivity contribution is 7.18. The molecule has 2 aromatic carbocycles. The number of hydrogen-bond acceptors (Lipinski definition) is 5. The number of hydrogen-bond donors (Lipinski definition) is 0. The lowest BCUT2D eigenvalue weighted by Gasteiger charge is -2.32. The molecule has 3 heterocycles. The Kier molecular flexibility index (Phi) is 6.02. The van der Waals surface area contributed by atoms with Gasteiger partial charge >= 0.3 is 0 Å². The third-order valence-electron chi connectivity index (χ3n) is 6.42. The Morgan fingerprint density at radius 2 is 1.77 bits per heavy atom. The molecule has 2 saturated heterocycles. The standard InChI is InChI=1S/C25H31N3OS/c1-27-16-12-21(13-17-27)29-24(25-26-22-10-3-4-11-23(22)30-25)19-8-7-9-20(18-19)28-14-5-2-6-15-28/h3-4,7-11,18,21,24H,2,5-6,12-17H2,1H3. The van der Waals surface area contributed by atoms with Crippen LogP contribution in [0.5, 0.6) is 0 Å². The van der Waals surface area contributed by atoms with Gasteiger partial charge in [0.1, 0.15) is 11.1 Å². The van der Waals surface area contributed by atoms with Gasteiger partial charge in [-0.2, -0.15) is 0 Å². The number of piperidine rings is 2. The summed E-state index contributed by atoms with van der Waals surface area (Å²) in [6.07, 6.45) is 6.30. The molecule has 0 aliphatic carbocycles. The SMILES string of the molecule is CN1CCC(OC(c2cccc(N3CCCCC3)c2)c2nc3ccccc3s2)CC1. The van der Waals surface area contributed by atoms with Crippen LogP contribution < -0.4 is 4.90 Å². The molecule has 4 nitrogen and oxygen atoms in total. The van der Waals surface area contributed by atoms with E-state index in [4.69, 9.17) is 9.72 Å². The van der Waals surface area contributed by atoms with Crippen LogP contribution in [0.15, 0.2) is 48.5 Å². The van der Waals surface area contributed by atoms with Crippen LogP contribution in [-0.2, 0) is 4.74 Å². The second kappa shape index (κ2) is 9.04. The summed E-state index contributed by atoms with van der Waals surface area (Å²) < 4.78 is 8.02. The molecule has 1 aromatic heterocycles. The van der Waals surface area contributed by atoms with Crippen LogP contribution in [0.1, 0.15) is 48.8 Å². The summed E-state index contributed by atoms with van der Waals surface area (Å²) in [7, 11) is 2.20. The fourth-order valence-corrected chi connectivity index (χ4v) is 5.66. The lowest BCUT2D eigenvalue weighted by Crippen LogP contribution is -2.35. The first kappa shape index (κ1) is 20.0. The van der Waals surface area contributed by atoms with Crippen molar-refractivity contribution in [3.63, 3.8) is 0 Å². The van der Waals surface area contributed by atoms with Gasteiger partial charge in [-0.05, 0) is 69.0 Å². The van der Waals surface area contributed by atoms with Gasteiger partial charge in [-0.15, -0.1) is 11.3 Å². The molecule has 0 bridgehead atoms. The zero-order valence-corrected chi connectivity index (χ0v) is 18.6. The van der Waals surface area contributed by atoms with Crippen LogP contribution >= 0.6 is 11.3 Å². The van der Waals surface area contributed by atoms with Crippen LogP contribution in [0.4, 0.5) is 5.69 Å². The molecule has 1 atom stereocenters. The highest BCUT2D eigenvalue weighted by atomic mass is 32.1. The second-order valence-corrected chi connectivity index (χ2v) is 9.74. The van der Waals surface area contributed by atoms with Crippen LogP contribution in [0, 0.1) is 0 Å². The number of ether oxygens (including phenoxy) is 1. The van der Waals surface area contributed by atoms with Crippen molar-refractivity contribution in [1.82, 2.24) is 9.88 Å². The summed E-state index contributed by atoms with van der Waals surface area (Å²) >= 11 is 1.77. The molecule has 3 aromatic rings. The topological polar surface area (TPSA) is 28.6 Å². The Labute approximate surface area is 183 Å². The van der Waals surface area contributed by atoms with E-state index < -0.39 is 0 Å². The number of para-hydroxylation sites is 1. The van der Waals surface area contributed by atoms with Crippen LogP contribution in [-0.4, -0.2) is 49.2 Å². The maximum absolute atomic E-state index is 6.79. The molecular formula is C25H31N3OS. The van der Waals surface area contributed by atoms with Crippen LogP contribution in [0.2, 0.25) is 0 Å². The van der Waals surface area contributed by atoms with Gasteiger partial charge in [-0.1, -0.05) is 24.3 Å². The predicted molar refractivity (Wildman–Crippen MR) is 126 cm³/mol. The van der Waals surface area contributed by atoms with E-state index in [-0.39, 0.29) is 12.2 Å². The molecule has 5 heteroatoms. The van der Waals surface area contributed by atoms with E-state index in [1.807, 2.05) is 0 Å². The third kappa shape index (κ3) is 4.39. The van der Waals surface area contributed by atoms with Gasteiger partial charge in [0.25, 0.3) is 0 Å². The largest absolute Gasteiger partial charge is 0.372 e. The highest BCUT2D eigenvalue weighted by Gasteiger charge is 2.26. The fourth-order valence-electron chi connectivity index (χ4n) is 4.63. The highest BCUT2D eigenvalue weighted by Crippen LogP contribution is 2.36. The average molecular weight is 422 g/mol. The van der Waals surface area contributed by atoms with Crippen LogP contribution in [0.3, 0.4) is 0 Å². The molecular weight excluding hydrogens is 390 g/mol. The summed E-state index contributed by atoms with van der Waals surface area (Å²) in [6, 6.07) is 17.4.